The number of hydrogen-bond donors (Lipinski definition) is 1. The van der Waals surface area contributed by atoms with Gasteiger partial charge in [0.2, 0.25) is 5.91 Å². The van der Waals surface area contributed by atoms with Gasteiger partial charge in [0.25, 0.3) is 0 Å². The van der Waals surface area contributed by atoms with Crippen molar-refractivity contribution in [2.45, 2.75) is 25.2 Å². The fraction of sp³-hybridized carbons (Fsp3) is 0.421. The lowest BCUT2D eigenvalue weighted by Gasteiger charge is -2.32. The first-order valence-corrected chi connectivity index (χ1v) is 9.37. The molecule has 0 saturated carbocycles. The number of nitrogens with one attached hydrogen (secondary N) is 1. The molecule has 3 heterocycles. The summed E-state index contributed by atoms with van der Waals surface area (Å²) >= 11 is 5.22. The minimum absolute atomic E-state index is 0.183. The van der Waals surface area contributed by atoms with Crippen LogP contribution in [-0.2, 0) is 25.3 Å². The lowest BCUT2D eigenvalue weighted by atomic mass is 9.96. The second-order valence-electron chi connectivity index (χ2n) is 7.08. The molecule has 4 rings (SSSR count). The maximum absolute atomic E-state index is 12.9. The van der Waals surface area contributed by atoms with Crippen molar-refractivity contribution in [3.63, 3.8) is 0 Å². The largest absolute Gasteiger partial charge is 0.350 e. The number of aromatic amines is 1. The van der Waals surface area contributed by atoms with Crippen LogP contribution in [0.2, 0.25) is 0 Å². The molecule has 1 aromatic carbocycles. The molecule has 1 unspecified atom stereocenters. The second-order valence-corrected chi connectivity index (χ2v) is 7.47. The first kappa shape index (κ1) is 17.0. The van der Waals surface area contributed by atoms with Crippen LogP contribution in [0.15, 0.2) is 30.5 Å². The minimum Gasteiger partial charge on any atom is -0.350 e. The molecule has 3 aromatic rings. The van der Waals surface area contributed by atoms with Crippen LogP contribution in [0.1, 0.15) is 30.1 Å². The Morgan fingerprint density at radius 1 is 1.35 bits per heavy atom. The third-order valence-electron chi connectivity index (χ3n) is 5.37. The van der Waals surface area contributed by atoms with Gasteiger partial charge in [-0.3, -0.25) is 9.89 Å². The summed E-state index contributed by atoms with van der Waals surface area (Å²) in [4.78, 5) is 14.9. The average Bonchev–Trinajstić information content (AvgIpc) is 3.15. The standard InChI is InChI=1S/C19H23N5OS/c1-22-11-14(15-7-3-4-8-16(15)22)10-17(25)24-9-5-6-13(12-24)18-20-21-19(26)23(18)2/h3-4,7-8,11,13H,5-6,9-10,12H2,1-2H3,(H,21,26). The molecule has 6 nitrogen and oxygen atoms in total. The number of aromatic nitrogens is 4. The fourth-order valence-corrected chi connectivity index (χ4v) is 4.12. The minimum atomic E-state index is 0.183. The molecule has 1 saturated heterocycles. The molecule has 1 aliphatic heterocycles. The van der Waals surface area contributed by atoms with E-state index in [2.05, 4.69) is 33.1 Å². The van der Waals surface area contributed by atoms with Gasteiger partial charge in [-0.25, -0.2) is 0 Å². The van der Waals surface area contributed by atoms with Gasteiger partial charge < -0.3 is 14.0 Å². The van der Waals surface area contributed by atoms with Crippen molar-refractivity contribution >= 4 is 29.0 Å². The van der Waals surface area contributed by atoms with E-state index in [1.165, 1.54) is 0 Å². The maximum Gasteiger partial charge on any atom is 0.227 e. The Hall–Kier alpha value is -2.41. The fourth-order valence-electron chi connectivity index (χ4n) is 3.98. The number of carbonyl (C=O) groups is 1. The number of aryl methyl sites for hydroxylation is 1. The van der Waals surface area contributed by atoms with Crippen LogP contribution in [0.25, 0.3) is 10.9 Å². The molecule has 1 atom stereocenters. The van der Waals surface area contributed by atoms with Crippen molar-refractivity contribution in [3.05, 3.63) is 46.6 Å². The van der Waals surface area contributed by atoms with Gasteiger partial charge in [0.1, 0.15) is 5.82 Å². The molecule has 1 fully saturated rings. The number of piperidine rings is 1. The van der Waals surface area contributed by atoms with Crippen molar-refractivity contribution in [2.24, 2.45) is 14.1 Å². The summed E-state index contributed by atoms with van der Waals surface area (Å²) in [6, 6.07) is 8.23. The zero-order chi connectivity index (χ0) is 18.3. The smallest absolute Gasteiger partial charge is 0.227 e. The van der Waals surface area contributed by atoms with Gasteiger partial charge in [-0.05, 0) is 36.7 Å². The normalized spacial score (nSPS) is 17.8. The average molecular weight is 369 g/mol. The highest BCUT2D eigenvalue weighted by molar-refractivity contribution is 7.71. The first-order chi connectivity index (χ1) is 12.5. The zero-order valence-corrected chi connectivity index (χ0v) is 15.9. The Bertz CT molecular complexity index is 1010. The lowest BCUT2D eigenvalue weighted by molar-refractivity contribution is -0.131. The molecule has 0 spiro atoms. The van der Waals surface area contributed by atoms with Crippen LogP contribution in [0.5, 0.6) is 0 Å². The molecule has 0 radical (unpaired) electrons. The zero-order valence-electron chi connectivity index (χ0n) is 15.1. The highest BCUT2D eigenvalue weighted by Crippen LogP contribution is 2.27. The maximum atomic E-state index is 12.9. The molecule has 7 heteroatoms. The van der Waals surface area contributed by atoms with Crippen molar-refractivity contribution in [3.8, 4) is 0 Å². The summed E-state index contributed by atoms with van der Waals surface area (Å²) in [7, 11) is 3.95. The molecule has 1 aliphatic rings. The van der Waals surface area contributed by atoms with Gasteiger partial charge in [-0.2, -0.15) is 5.10 Å². The number of rotatable bonds is 3. The van der Waals surface area contributed by atoms with Gasteiger partial charge in [0.05, 0.1) is 6.42 Å². The third-order valence-corrected chi connectivity index (χ3v) is 5.74. The van der Waals surface area contributed by atoms with Gasteiger partial charge >= 0.3 is 0 Å². The highest BCUT2D eigenvalue weighted by Gasteiger charge is 2.28. The van der Waals surface area contributed by atoms with Crippen molar-refractivity contribution in [2.75, 3.05) is 13.1 Å². The number of hydrogen-bond acceptors (Lipinski definition) is 3. The predicted octanol–water partition coefficient (Wildman–Crippen LogP) is 2.92. The van der Waals surface area contributed by atoms with E-state index >= 15 is 0 Å². The molecular formula is C19H23N5OS. The monoisotopic (exact) mass is 369 g/mol. The number of para-hydroxylation sites is 1. The van der Waals surface area contributed by atoms with Crippen LogP contribution in [0.4, 0.5) is 0 Å². The highest BCUT2D eigenvalue weighted by atomic mass is 32.1. The van der Waals surface area contributed by atoms with Crippen LogP contribution >= 0.6 is 12.2 Å². The number of amides is 1. The van der Waals surface area contributed by atoms with E-state index in [1.54, 1.807) is 0 Å². The predicted molar refractivity (Wildman–Crippen MR) is 104 cm³/mol. The first-order valence-electron chi connectivity index (χ1n) is 8.96. The van der Waals surface area contributed by atoms with E-state index in [1.807, 2.05) is 35.7 Å². The van der Waals surface area contributed by atoms with E-state index in [0.717, 1.165) is 41.7 Å². The number of nitrogens with zero attached hydrogens (tertiary/aromatic N) is 4. The topological polar surface area (TPSA) is 58.9 Å². The van der Waals surface area contributed by atoms with Crippen LogP contribution in [0.3, 0.4) is 0 Å². The molecule has 1 amide bonds. The second kappa shape index (κ2) is 6.72. The van der Waals surface area contributed by atoms with E-state index in [0.29, 0.717) is 17.7 Å². The molecule has 26 heavy (non-hydrogen) atoms. The van der Waals surface area contributed by atoms with E-state index in [4.69, 9.17) is 12.2 Å². The third kappa shape index (κ3) is 2.96. The Morgan fingerprint density at radius 3 is 2.92 bits per heavy atom. The lowest BCUT2D eigenvalue weighted by Crippen LogP contribution is -2.40. The Morgan fingerprint density at radius 2 is 2.15 bits per heavy atom. The van der Waals surface area contributed by atoms with Gasteiger partial charge in [-0.15, -0.1) is 0 Å². The van der Waals surface area contributed by atoms with Crippen molar-refractivity contribution < 1.29 is 4.79 Å². The summed E-state index contributed by atoms with van der Waals surface area (Å²) in [5.74, 6) is 1.36. The molecule has 1 N–H and O–H groups in total. The van der Waals surface area contributed by atoms with E-state index in [9.17, 15) is 4.79 Å². The van der Waals surface area contributed by atoms with Crippen molar-refractivity contribution in [1.82, 2.24) is 24.2 Å². The van der Waals surface area contributed by atoms with Crippen molar-refractivity contribution in [1.29, 1.82) is 0 Å². The summed E-state index contributed by atoms with van der Waals surface area (Å²) in [5, 5.41) is 8.37. The molecular weight excluding hydrogens is 346 g/mol. The summed E-state index contributed by atoms with van der Waals surface area (Å²) in [6.07, 6.45) is 4.53. The quantitative estimate of drug-likeness (QED) is 0.722. The van der Waals surface area contributed by atoms with E-state index < -0.39 is 0 Å². The number of likely N-dealkylation sites (tertiary alicyclic amines) is 1. The number of carbonyl (C=O) groups excluding carboxylic acids is 1. The Balaban J connectivity index is 1.52. The molecule has 136 valence electrons. The molecule has 2 aromatic heterocycles. The molecule has 0 bridgehead atoms. The Labute approximate surface area is 157 Å². The Kier molecular flexibility index (Phi) is 4.40. The van der Waals surface area contributed by atoms with Crippen LogP contribution in [-0.4, -0.2) is 43.2 Å². The number of H-pyrrole nitrogens is 1. The molecule has 0 aliphatic carbocycles. The van der Waals surface area contributed by atoms with E-state index in [-0.39, 0.29) is 11.8 Å². The van der Waals surface area contributed by atoms with Gasteiger partial charge in [-0.1, -0.05) is 18.2 Å². The van der Waals surface area contributed by atoms with Gasteiger partial charge in [0.15, 0.2) is 4.77 Å². The summed E-state index contributed by atoms with van der Waals surface area (Å²) in [5.41, 5.74) is 2.25. The summed E-state index contributed by atoms with van der Waals surface area (Å²) in [6.45, 7) is 1.52. The van der Waals surface area contributed by atoms with Crippen LogP contribution < -0.4 is 0 Å². The summed E-state index contributed by atoms with van der Waals surface area (Å²) < 4.78 is 4.63. The number of fused-ring (bicyclic) bond motifs is 1. The van der Waals surface area contributed by atoms with Gasteiger partial charge in [0, 0.05) is 50.2 Å². The van der Waals surface area contributed by atoms with Crippen LogP contribution in [0, 0.1) is 4.77 Å². The SMILES string of the molecule is Cn1c(C2CCCN(C(=O)Cc3cn(C)c4ccccc34)C2)n[nH]c1=S. The number of benzene rings is 1.